The van der Waals surface area contributed by atoms with Gasteiger partial charge in [-0.15, -0.1) is 0 Å². The molecule has 0 aromatic carbocycles. The van der Waals surface area contributed by atoms with Crippen LogP contribution in [-0.2, 0) is 6.54 Å². The molecule has 5 nitrogen and oxygen atoms in total. The van der Waals surface area contributed by atoms with Gasteiger partial charge in [-0.2, -0.15) is 0 Å². The quantitative estimate of drug-likeness (QED) is 0.857. The Labute approximate surface area is 125 Å². The molecule has 1 saturated heterocycles. The van der Waals surface area contributed by atoms with Crippen LogP contribution in [0.4, 0.5) is 5.82 Å². The van der Waals surface area contributed by atoms with E-state index in [2.05, 4.69) is 43.9 Å². The summed E-state index contributed by atoms with van der Waals surface area (Å²) in [5.41, 5.74) is 2.24. The van der Waals surface area contributed by atoms with E-state index in [4.69, 9.17) is 0 Å². The number of pyridine rings is 1. The highest BCUT2D eigenvalue weighted by molar-refractivity contribution is 5.37. The summed E-state index contributed by atoms with van der Waals surface area (Å²) in [5.74, 6) is 0.991. The monoisotopic (exact) mass is 283 g/mol. The molecule has 0 radical (unpaired) electrons. The highest BCUT2D eigenvalue weighted by Gasteiger charge is 2.26. The van der Waals surface area contributed by atoms with Crippen LogP contribution in [0.3, 0.4) is 0 Å². The molecule has 0 bridgehead atoms. The Kier molecular flexibility index (Phi) is 4.10. The van der Waals surface area contributed by atoms with E-state index in [9.17, 15) is 0 Å². The molecule has 110 valence electrons. The van der Waals surface area contributed by atoms with Crippen molar-refractivity contribution in [3.05, 3.63) is 48.2 Å². The number of nitrogens with zero attached hydrogens (tertiary/aromatic N) is 5. The fourth-order valence-corrected chi connectivity index (χ4v) is 2.87. The Morgan fingerprint density at radius 2 is 2.24 bits per heavy atom. The van der Waals surface area contributed by atoms with Gasteiger partial charge in [0.1, 0.15) is 12.1 Å². The largest absolute Gasteiger partial charge is 0.355 e. The molecule has 3 heterocycles. The Balaban J connectivity index is 1.60. The van der Waals surface area contributed by atoms with Crippen molar-refractivity contribution in [1.29, 1.82) is 0 Å². The maximum atomic E-state index is 4.59. The van der Waals surface area contributed by atoms with E-state index >= 15 is 0 Å². The number of likely N-dealkylation sites (tertiary alicyclic amines) is 1. The predicted molar refractivity (Wildman–Crippen MR) is 83.1 cm³/mol. The van der Waals surface area contributed by atoms with E-state index in [1.54, 1.807) is 12.5 Å². The zero-order chi connectivity index (χ0) is 14.7. The van der Waals surface area contributed by atoms with Crippen molar-refractivity contribution in [2.45, 2.75) is 25.9 Å². The standard InChI is InChI=1S/C16H21N5/c1-13-4-3-5-14(19-13)10-21-9-7-15(11-21)20(2)16-6-8-17-12-18-16/h3-6,8,12,15H,7,9-11H2,1-2H3. The molecule has 0 saturated carbocycles. The van der Waals surface area contributed by atoms with Gasteiger partial charge in [0.2, 0.25) is 0 Å². The van der Waals surface area contributed by atoms with Crippen molar-refractivity contribution < 1.29 is 0 Å². The maximum absolute atomic E-state index is 4.59. The second kappa shape index (κ2) is 6.18. The van der Waals surface area contributed by atoms with Gasteiger partial charge in [-0.05, 0) is 31.5 Å². The fourth-order valence-electron chi connectivity index (χ4n) is 2.87. The highest BCUT2D eigenvalue weighted by atomic mass is 15.3. The normalized spacial score (nSPS) is 18.9. The molecule has 2 aromatic rings. The highest BCUT2D eigenvalue weighted by Crippen LogP contribution is 2.20. The first kappa shape index (κ1) is 13.9. The molecule has 1 aliphatic heterocycles. The minimum absolute atomic E-state index is 0.504. The minimum atomic E-state index is 0.504. The van der Waals surface area contributed by atoms with Crippen molar-refractivity contribution in [2.24, 2.45) is 0 Å². The van der Waals surface area contributed by atoms with E-state index in [1.807, 2.05) is 19.1 Å². The van der Waals surface area contributed by atoms with Crippen molar-refractivity contribution in [3.63, 3.8) is 0 Å². The molecule has 0 spiro atoms. The van der Waals surface area contributed by atoms with Crippen LogP contribution in [0.25, 0.3) is 0 Å². The van der Waals surface area contributed by atoms with Crippen molar-refractivity contribution >= 4 is 5.82 Å². The molecule has 2 aromatic heterocycles. The Bertz CT molecular complexity index is 586. The Morgan fingerprint density at radius 1 is 1.33 bits per heavy atom. The molecule has 1 aliphatic rings. The van der Waals surface area contributed by atoms with Gasteiger partial charge >= 0.3 is 0 Å². The topological polar surface area (TPSA) is 45.2 Å². The van der Waals surface area contributed by atoms with E-state index in [0.717, 1.165) is 43.3 Å². The van der Waals surface area contributed by atoms with E-state index in [1.165, 1.54) is 0 Å². The third-order valence-electron chi connectivity index (χ3n) is 4.05. The molecule has 0 amide bonds. The summed E-state index contributed by atoms with van der Waals surface area (Å²) < 4.78 is 0. The molecule has 0 aliphatic carbocycles. The summed E-state index contributed by atoms with van der Waals surface area (Å²) in [4.78, 5) is 17.6. The molecule has 0 N–H and O–H groups in total. The predicted octanol–water partition coefficient (Wildman–Crippen LogP) is 1.89. The summed E-state index contributed by atoms with van der Waals surface area (Å²) >= 11 is 0. The zero-order valence-corrected chi connectivity index (χ0v) is 12.6. The third-order valence-corrected chi connectivity index (χ3v) is 4.05. The summed E-state index contributed by atoms with van der Waals surface area (Å²) in [7, 11) is 2.11. The molecule has 3 rings (SSSR count). The summed E-state index contributed by atoms with van der Waals surface area (Å²) in [6, 6.07) is 8.70. The van der Waals surface area contributed by atoms with E-state index in [0.29, 0.717) is 6.04 Å². The molecule has 1 fully saturated rings. The van der Waals surface area contributed by atoms with Crippen LogP contribution in [0.2, 0.25) is 0 Å². The second-order valence-electron chi connectivity index (χ2n) is 5.63. The molecular formula is C16H21N5. The van der Waals surface area contributed by atoms with Gasteiger partial charge in [0, 0.05) is 44.6 Å². The molecule has 21 heavy (non-hydrogen) atoms. The van der Waals surface area contributed by atoms with Gasteiger partial charge in [-0.1, -0.05) is 6.07 Å². The Morgan fingerprint density at radius 3 is 3.00 bits per heavy atom. The van der Waals surface area contributed by atoms with Gasteiger partial charge in [-0.25, -0.2) is 9.97 Å². The number of likely N-dealkylation sites (N-methyl/N-ethyl adjacent to an activating group) is 1. The van der Waals surface area contributed by atoms with Crippen LogP contribution in [0.1, 0.15) is 17.8 Å². The zero-order valence-electron chi connectivity index (χ0n) is 12.6. The van der Waals surface area contributed by atoms with Crippen LogP contribution < -0.4 is 4.90 Å². The van der Waals surface area contributed by atoms with Gasteiger partial charge in [0.05, 0.1) is 5.69 Å². The molecule has 1 atom stereocenters. The maximum Gasteiger partial charge on any atom is 0.131 e. The SMILES string of the molecule is Cc1cccc(CN2CCC(N(C)c3ccncn3)C2)n1. The van der Waals surface area contributed by atoms with Crippen molar-refractivity contribution in [2.75, 3.05) is 25.0 Å². The fraction of sp³-hybridized carbons (Fsp3) is 0.438. The number of hydrogen-bond donors (Lipinski definition) is 0. The summed E-state index contributed by atoms with van der Waals surface area (Å²) in [5, 5.41) is 0. The number of hydrogen-bond acceptors (Lipinski definition) is 5. The van der Waals surface area contributed by atoms with Gasteiger partial charge in [0.15, 0.2) is 0 Å². The van der Waals surface area contributed by atoms with Crippen molar-refractivity contribution in [1.82, 2.24) is 19.9 Å². The van der Waals surface area contributed by atoms with Gasteiger partial charge in [-0.3, -0.25) is 9.88 Å². The lowest BCUT2D eigenvalue weighted by atomic mass is 10.2. The molecular weight excluding hydrogens is 262 g/mol. The average molecular weight is 283 g/mol. The van der Waals surface area contributed by atoms with Crippen LogP contribution in [0.15, 0.2) is 36.8 Å². The van der Waals surface area contributed by atoms with Crippen LogP contribution in [-0.4, -0.2) is 46.0 Å². The lowest BCUT2D eigenvalue weighted by molar-refractivity contribution is 0.321. The van der Waals surface area contributed by atoms with Crippen LogP contribution in [0, 0.1) is 6.92 Å². The van der Waals surface area contributed by atoms with Crippen LogP contribution in [0.5, 0.6) is 0 Å². The smallest absolute Gasteiger partial charge is 0.131 e. The number of anilines is 1. The Hall–Kier alpha value is -2.01. The van der Waals surface area contributed by atoms with Gasteiger partial charge < -0.3 is 4.90 Å². The first-order chi connectivity index (χ1) is 10.2. The first-order valence-electron chi connectivity index (χ1n) is 7.36. The lowest BCUT2D eigenvalue weighted by Crippen LogP contribution is -2.35. The molecule has 5 heteroatoms. The first-order valence-corrected chi connectivity index (χ1v) is 7.36. The van der Waals surface area contributed by atoms with E-state index < -0.39 is 0 Å². The third kappa shape index (κ3) is 3.36. The second-order valence-corrected chi connectivity index (χ2v) is 5.63. The number of aromatic nitrogens is 3. The lowest BCUT2D eigenvalue weighted by Gasteiger charge is -2.25. The van der Waals surface area contributed by atoms with Gasteiger partial charge in [0.25, 0.3) is 0 Å². The number of aryl methyl sites for hydroxylation is 1. The van der Waals surface area contributed by atoms with Crippen LogP contribution >= 0.6 is 0 Å². The molecule has 1 unspecified atom stereocenters. The number of rotatable bonds is 4. The minimum Gasteiger partial charge on any atom is -0.355 e. The van der Waals surface area contributed by atoms with E-state index in [-0.39, 0.29) is 0 Å². The summed E-state index contributed by atoms with van der Waals surface area (Å²) in [6.07, 6.45) is 4.56. The average Bonchev–Trinajstić information content (AvgIpc) is 2.96. The van der Waals surface area contributed by atoms with Crippen molar-refractivity contribution in [3.8, 4) is 0 Å². The summed E-state index contributed by atoms with van der Waals surface area (Å²) in [6.45, 7) is 5.13.